The van der Waals surface area contributed by atoms with E-state index in [0.717, 1.165) is 49.9 Å². The van der Waals surface area contributed by atoms with E-state index in [0.29, 0.717) is 17.3 Å². The van der Waals surface area contributed by atoms with Crippen molar-refractivity contribution in [2.24, 2.45) is 7.05 Å². The van der Waals surface area contributed by atoms with Crippen LogP contribution in [0.2, 0.25) is 0 Å². The zero-order chi connectivity index (χ0) is 21.9. The number of benzene rings is 1. The third-order valence-electron chi connectivity index (χ3n) is 7.38. The molecule has 3 fully saturated rings. The van der Waals surface area contributed by atoms with Gasteiger partial charge in [0.2, 0.25) is 5.89 Å². The van der Waals surface area contributed by atoms with Gasteiger partial charge in [0.15, 0.2) is 11.5 Å². The Kier molecular flexibility index (Phi) is 4.53. The largest absolute Gasteiger partial charge is 0.421 e. The summed E-state index contributed by atoms with van der Waals surface area (Å²) in [6.07, 6.45) is 5.47. The van der Waals surface area contributed by atoms with Crippen molar-refractivity contribution in [1.82, 2.24) is 25.0 Å². The van der Waals surface area contributed by atoms with Crippen LogP contribution in [0.1, 0.15) is 75.5 Å². The van der Waals surface area contributed by atoms with E-state index in [2.05, 4.69) is 20.4 Å². The number of aromatic nitrogens is 5. The van der Waals surface area contributed by atoms with E-state index >= 15 is 0 Å². The maximum absolute atomic E-state index is 14.2. The van der Waals surface area contributed by atoms with Gasteiger partial charge in [-0.3, -0.25) is 0 Å². The Morgan fingerprint density at radius 3 is 2.23 bits per heavy atom. The summed E-state index contributed by atoms with van der Waals surface area (Å²) in [6.45, 7) is 2.33. The maximum Gasteiger partial charge on any atom is 0.253 e. The third-order valence-corrected chi connectivity index (χ3v) is 7.38. The number of hydrogen-bond donors (Lipinski definition) is 0. The molecule has 1 aromatic carbocycles. The molecule has 3 aliphatic carbocycles. The van der Waals surface area contributed by atoms with Crippen LogP contribution in [-0.2, 0) is 30.2 Å². The second-order valence-electron chi connectivity index (χ2n) is 9.64. The van der Waals surface area contributed by atoms with E-state index in [4.69, 9.17) is 4.42 Å². The van der Waals surface area contributed by atoms with Crippen molar-refractivity contribution in [2.75, 3.05) is 0 Å². The molecule has 2 aromatic heterocycles. The second-order valence-corrected chi connectivity index (χ2v) is 9.64. The highest BCUT2D eigenvalue weighted by Gasteiger charge is 2.54. The van der Waals surface area contributed by atoms with Gasteiger partial charge >= 0.3 is 0 Å². The molecular formula is C23H27F2N5O. The van der Waals surface area contributed by atoms with E-state index < -0.39 is 12.3 Å². The first kappa shape index (κ1) is 20.3. The van der Waals surface area contributed by atoms with Gasteiger partial charge in [0.1, 0.15) is 12.5 Å². The highest BCUT2D eigenvalue weighted by molar-refractivity contribution is 5.60. The summed E-state index contributed by atoms with van der Waals surface area (Å²) in [5, 5.41) is 17.2. The molecule has 8 heteroatoms. The number of nitrogens with zero attached hydrogens (tertiary/aromatic N) is 5. The lowest BCUT2D eigenvalue weighted by Crippen LogP contribution is -2.47. The van der Waals surface area contributed by atoms with E-state index in [9.17, 15) is 8.78 Å². The first-order valence-corrected chi connectivity index (χ1v) is 10.9. The van der Waals surface area contributed by atoms with Crippen LogP contribution in [0.5, 0.6) is 0 Å². The maximum atomic E-state index is 14.2. The summed E-state index contributed by atoms with van der Waals surface area (Å²) in [7, 11) is 1.97. The monoisotopic (exact) mass is 427 g/mol. The summed E-state index contributed by atoms with van der Waals surface area (Å²) in [4.78, 5) is 0. The third kappa shape index (κ3) is 3.10. The van der Waals surface area contributed by atoms with Gasteiger partial charge in [0.05, 0.1) is 0 Å². The van der Waals surface area contributed by atoms with Crippen molar-refractivity contribution in [2.45, 2.75) is 75.5 Å². The minimum absolute atomic E-state index is 0.0451. The summed E-state index contributed by atoms with van der Waals surface area (Å²) in [5.74, 6) is 2.27. The number of hydrogen-bond acceptors (Lipinski definition) is 5. The van der Waals surface area contributed by atoms with Crippen molar-refractivity contribution in [3.8, 4) is 11.4 Å². The standard InChI is InChI=1S/C23H27F2N5O/c1-21(2,25)19-28-29-20(31-19)23-11-8-22(9-12-23,10-13-23)18-27-26-17(30(18)3)16-7-5-4-6-15(16)14-24/h4-7H,8-14H2,1-3H3. The summed E-state index contributed by atoms with van der Waals surface area (Å²) in [6, 6.07) is 7.42. The summed E-state index contributed by atoms with van der Waals surface area (Å²) in [5.41, 5.74) is -0.470. The Morgan fingerprint density at radius 2 is 1.61 bits per heavy atom. The zero-order valence-corrected chi connectivity index (χ0v) is 18.2. The SMILES string of the molecule is Cn1c(-c2ccccc2CF)nnc1C12CCC(c3nnc(C(C)(C)F)o3)(CC1)CC2. The molecule has 164 valence electrons. The Morgan fingerprint density at radius 1 is 0.968 bits per heavy atom. The molecule has 2 bridgehead atoms. The highest BCUT2D eigenvalue weighted by Crippen LogP contribution is 2.58. The van der Waals surface area contributed by atoms with Crippen LogP contribution in [0.15, 0.2) is 28.7 Å². The van der Waals surface area contributed by atoms with E-state index in [-0.39, 0.29) is 16.7 Å². The van der Waals surface area contributed by atoms with Gasteiger partial charge in [0.25, 0.3) is 5.89 Å². The molecule has 0 radical (unpaired) electrons. The second kappa shape index (κ2) is 6.93. The predicted molar refractivity (Wildman–Crippen MR) is 111 cm³/mol. The van der Waals surface area contributed by atoms with Gasteiger partial charge in [-0.2, -0.15) is 0 Å². The normalized spacial score (nSPS) is 25.8. The van der Waals surface area contributed by atoms with Crippen LogP contribution in [0.3, 0.4) is 0 Å². The molecule has 6 rings (SSSR count). The molecule has 6 nitrogen and oxygen atoms in total. The Bertz CT molecular complexity index is 1090. The first-order valence-electron chi connectivity index (χ1n) is 10.9. The van der Waals surface area contributed by atoms with Crippen molar-refractivity contribution in [3.05, 3.63) is 47.4 Å². The average Bonchev–Trinajstić information content (AvgIpc) is 3.43. The number of alkyl halides is 2. The van der Waals surface area contributed by atoms with Gasteiger partial charge in [0, 0.05) is 23.4 Å². The number of halogens is 2. The van der Waals surface area contributed by atoms with Crippen molar-refractivity contribution in [1.29, 1.82) is 0 Å². The fourth-order valence-corrected chi connectivity index (χ4v) is 5.40. The lowest BCUT2D eigenvalue weighted by atomic mass is 9.53. The van der Waals surface area contributed by atoms with E-state index in [1.165, 1.54) is 13.8 Å². The smallest absolute Gasteiger partial charge is 0.253 e. The quantitative estimate of drug-likeness (QED) is 0.568. The molecule has 0 saturated heterocycles. The average molecular weight is 427 g/mol. The molecule has 31 heavy (non-hydrogen) atoms. The minimum atomic E-state index is -1.64. The van der Waals surface area contributed by atoms with Crippen LogP contribution < -0.4 is 0 Å². The van der Waals surface area contributed by atoms with Crippen molar-refractivity contribution < 1.29 is 13.2 Å². The highest BCUT2D eigenvalue weighted by atomic mass is 19.1. The Balaban J connectivity index is 1.43. The molecule has 3 aromatic rings. The molecule has 0 spiro atoms. The molecule has 0 amide bonds. The molecule has 0 aliphatic heterocycles. The molecule has 2 heterocycles. The number of fused-ring (bicyclic) bond motifs is 3. The van der Waals surface area contributed by atoms with Gasteiger partial charge in [-0.1, -0.05) is 24.3 Å². The van der Waals surface area contributed by atoms with Crippen LogP contribution >= 0.6 is 0 Å². The Labute approximate surface area is 180 Å². The van der Waals surface area contributed by atoms with Crippen LogP contribution in [0, 0.1) is 0 Å². The Hall–Kier alpha value is -2.64. The van der Waals surface area contributed by atoms with Crippen LogP contribution in [0.25, 0.3) is 11.4 Å². The number of rotatable bonds is 5. The van der Waals surface area contributed by atoms with E-state index in [1.807, 2.05) is 29.8 Å². The topological polar surface area (TPSA) is 69.6 Å². The van der Waals surface area contributed by atoms with E-state index in [1.54, 1.807) is 6.07 Å². The molecule has 3 saturated carbocycles. The molecule has 0 N–H and O–H groups in total. The molecule has 0 atom stereocenters. The summed E-state index contributed by atoms with van der Waals surface area (Å²) < 4.78 is 35.5. The minimum Gasteiger partial charge on any atom is -0.421 e. The zero-order valence-electron chi connectivity index (χ0n) is 18.2. The first-order chi connectivity index (χ1) is 14.8. The lowest BCUT2D eigenvalue weighted by molar-refractivity contribution is 0.0682. The fraction of sp³-hybridized carbons (Fsp3) is 0.565. The predicted octanol–water partition coefficient (Wildman–Crippen LogP) is 5.08. The van der Waals surface area contributed by atoms with Gasteiger partial charge in [-0.05, 0) is 57.9 Å². The van der Waals surface area contributed by atoms with Crippen LogP contribution in [0.4, 0.5) is 8.78 Å². The van der Waals surface area contributed by atoms with Gasteiger partial charge in [-0.25, -0.2) is 8.78 Å². The van der Waals surface area contributed by atoms with Crippen LogP contribution in [-0.4, -0.2) is 25.0 Å². The molecular weight excluding hydrogens is 400 g/mol. The van der Waals surface area contributed by atoms with Gasteiger partial charge < -0.3 is 8.98 Å². The lowest BCUT2D eigenvalue weighted by Gasteiger charge is -2.51. The molecule has 0 unspecified atom stereocenters. The van der Waals surface area contributed by atoms with Crippen molar-refractivity contribution >= 4 is 0 Å². The molecule has 3 aliphatic rings. The van der Waals surface area contributed by atoms with Crippen molar-refractivity contribution in [3.63, 3.8) is 0 Å². The summed E-state index contributed by atoms with van der Waals surface area (Å²) >= 11 is 0. The van der Waals surface area contributed by atoms with Gasteiger partial charge in [-0.15, -0.1) is 20.4 Å². The fourth-order valence-electron chi connectivity index (χ4n) is 5.40.